The van der Waals surface area contributed by atoms with Gasteiger partial charge in [0, 0.05) is 42.3 Å². The smallest absolute Gasteiger partial charge is 0.407 e. The maximum absolute atomic E-state index is 13.4. The maximum Gasteiger partial charge on any atom is 0.410 e. The zero-order valence-electron chi connectivity index (χ0n) is 17.0. The van der Waals surface area contributed by atoms with Crippen molar-refractivity contribution in [1.82, 2.24) is 5.32 Å². The Hall–Kier alpha value is -3.17. The first-order valence-corrected chi connectivity index (χ1v) is 10.5. The van der Waals surface area contributed by atoms with Crippen molar-refractivity contribution in [2.45, 2.75) is 31.5 Å². The summed E-state index contributed by atoms with van der Waals surface area (Å²) >= 11 is 5.80. The lowest BCUT2D eigenvalue weighted by Crippen LogP contribution is -2.46. The summed E-state index contributed by atoms with van der Waals surface area (Å²) in [7, 11) is 0. The number of aliphatic hydroxyl groups is 1. The average Bonchev–Trinajstić information content (AvgIpc) is 3.01. The minimum Gasteiger partial charge on any atom is -0.407 e. The number of benzene rings is 2. The van der Waals surface area contributed by atoms with Crippen LogP contribution in [0.5, 0.6) is 0 Å². The van der Waals surface area contributed by atoms with E-state index < -0.39 is 23.6 Å². The molecule has 2 aromatic rings. The number of nitrogens with zero attached hydrogens (tertiary/aromatic N) is 1. The van der Waals surface area contributed by atoms with E-state index in [4.69, 9.17) is 16.3 Å². The molecule has 32 heavy (non-hydrogen) atoms. The van der Waals surface area contributed by atoms with E-state index in [0.717, 1.165) is 5.56 Å². The molecule has 0 aliphatic carbocycles. The first-order chi connectivity index (χ1) is 15.2. The maximum atomic E-state index is 13.4. The minimum atomic E-state index is -2.28. The third kappa shape index (κ3) is 4.68. The number of hydrogen-bond donors (Lipinski definition) is 3. The Morgan fingerprint density at radius 3 is 2.84 bits per heavy atom. The summed E-state index contributed by atoms with van der Waals surface area (Å²) in [5, 5.41) is 16.1. The van der Waals surface area contributed by atoms with Crippen molar-refractivity contribution >= 4 is 40.9 Å². The number of ether oxygens (including phenoxy) is 1. The van der Waals surface area contributed by atoms with Gasteiger partial charge in [-0.05, 0) is 60.4 Å². The number of carbonyl (C=O) groups excluding carboxylic acids is 3. The van der Waals surface area contributed by atoms with E-state index in [-0.39, 0.29) is 36.9 Å². The fourth-order valence-electron chi connectivity index (χ4n) is 3.82. The molecule has 0 spiro atoms. The number of rotatable bonds is 5. The summed E-state index contributed by atoms with van der Waals surface area (Å²) in [6.45, 7) is 0.263. The molecule has 2 aliphatic heterocycles. The number of aryl methyl sites for hydroxylation is 1. The predicted octanol–water partition coefficient (Wildman–Crippen LogP) is 2.76. The number of carbonyl (C=O) groups is 3. The van der Waals surface area contributed by atoms with Gasteiger partial charge in [0.05, 0.1) is 0 Å². The molecule has 0 radical (unpaired) electrons. The first-order valence-electron chi connectivity index (χ1n) is 10.1. The summed E-state index contributed by atoms with van der Waals surface area (Å²) in [6.07, 6.45) is 0.151. The van der Waals surface area contributed by atoms with Crippen molar-refractivity contribution in [3.63, 3.8) is 0 Å². The summed E-state index contributed by atoms with van der Waals surface area (Å²) in [5.74, 6) is -3.57. The summed E-state index contributed by atoms with van der Waals surface area (Å²) in [6, 6.07) is 9.21. The number of fused-ring (bicyclic) bond motifs is 1. The standard InChI is InChI=1S/C22H21ClFN3O5/c23-15-9-13(10-16(24)12-15)5-7-25-21(30)32-22(31)6-8-27(20(22)29)17-2-3-18-14(11-17)1-4-19(28)26-18/h2-3,9-12,31H,1,4-8H2,(H,25,30)(H,26,28)/t22-/m1/s1. The van der Waals surface area contributed by atoms with Crippen molar-refractivity contribution in [2.75, 3.05) is 23.3 Å². The summed E-state index contributed by atoms with van der Waals surface area (Å²) in [4.78, 5) is 37.8. The number of hydrogen-bond acceptors (Lipinski definition) is 5. The van der Waals surface area contributed by atoms with Crippen LogP contribution in [0.1, 0.15) is 24.0 Å². The predicted molar refractivity (Wildman–Crippen MR) is 115 cm³/mol. The van der Waals surface area contributed by atoms with Crippen LogP contribution in [0.2, 0.25) is 5.02 Å². The van der Waals surface area contributed by atoms with Crippen molar-refractivity contribution in [3.05, 3.63) is 58.4 Å². The van der Waals surface area contributed by atoms with Crippen molar-refractivity contribution in [2.24, 2.45) is 0 Å². The second-order valence-corrected chi connectivity index (χ2v) is 8.16. The second kappa shape index (κ2) is 8.76. The van der Waals surface area contributed by atoms with Gasteiger partial charge in [-0.15, -0.1) is 0 Å². The van der Waals surface area contributed by atoms with Crippen LogP contribution in [0.25, 0.3) is 0 Å². The van der Waals surface area contributed by atoms with Gasteiger partial charge in [-0.2, -0.15) is 0 Å². The van der Waals surface area contributed by atoms with E-state index in [1.807, 2.05) is 0 Å². The number of alkyl carbamates (subject to hydrolysis) is 1. The van der Waals surface area contributed by atoms with Crippen LogP contribution < -0.4 is 15.5 Å². The van der Waals surface area contributed by atoms with E-state index in [1.165, 1.54) is 17.0 Å². The molecular weight excluding hydrogens is 441 g/mol. The Kier molecular flexibility index (Phi) is 6.03. The van der Waals surface area contributed by atoms with Crippen LogP contribution in [0, 0.1) is 5.82 Å². The average molecular weight is 462 g/mol. The van der Waals surface area contributed by atoms with Gasteiger partial charge < -0.3 is 25.4 Å². The van der Waals surface area contributed by atoms with Crippen LogP contribution >= 0.6 is 11.6 Å². The van der Waals surface area contributed by atoms with E-state index in [9.17, 15) is 23.9 Å². The first kappa shape index (κ1) is 22.0. The van der Waals surface area contributed by atoms with Crippen molar-refractivity contribution < 1.29 is 28.6 Å². The SMILES string of the molecule is O=C1CCc2cc(N3CC[C@@](O)(OC(=O)NCCc4cc(F)cc(Cl)c4)C3=O)ccc2N1. The minimum absolute atomic E-state index is 0.0585. The van der Waals surface area contributed by atoms with Crippen LogP contribution in [0.4, 0.5) is 20.6 Å². The number of halogens is 2. The molecule has 8 nitrogen and oxygen atoms in total. The fourth-order valence-corrected chi connectivity index (χ4v) is 4.06. The van der Waals surface area contributed by atoms with Gasteiger partial charge in [0.25, 0.3) is 11.7 Å². The quantitative estimate of drug-likeness (QED) is 0.593. The molecule has 0 unspecified atom stereocenters. The van der Waals surface area contributed by atoms with Crippen LogP contribution in [0.3, 0.4) is 0 Å². The summed E-state index contributed by atoms with van der Waals surface area (Å²) in [5.41, 5.74) is 2.72. The molecule has 10 heteroatoms. The molecule has 1 fully saturated rings. The Balaban J connectivity index is 1.35. The molecule has 0 aromatic heterocycles. The highest BCUT2D eigenvalue weighted by molar-refractivity contribution is 6.30. The molecular formula is C22H21ClFN3O5. The van der Waals surface area contributed by atoms with E-state index in [1.54, 1.807) is 24.3 Å². The van der Waals surface area contributed by atoms with Crippen LogP contribution in [-0.2, 0) is 27.2 Å². The van der Waals surface area contributed by atoms with Gasteiger partial charge in [-0.25, -0.2) is 9.18 Å². The van der Waals surface area contributed by atoms with Gasteiger partial charge in [-0.3, -0.25) is 9.59 Å². The highest BCUT2D eigenvalue weighted by Crippen LogP contribution is 2.33. The Morgan fingerprint density at radius 1 is 1.25 bits per heavy atom. The molecule has 0 saturated carbocycles. The molecule has 168 valence electrons. The van der Waals surface area contributed by atoms with Gasteiger partial charge in [0.1, 0.15) is 5.82 Å². The third-order valence-electron chi connectivity index (χ3n) is 5.42. The normalized spacial score (nSPS) is 20.0. The third-order valence-corrected chi connectivity index (χ3v) is 5.63. The van der Waals surface area contributed by atoms with Gasteiger partial charge in [-0.1, -0.05) is 11.6 Å². The van der Waals surface area contributed by atoms with Crippen molar-refractivity contribution in [1.29, 1.82) is 0 Å². The highest BCUT2D eigenvalue weighted by atomic mass is 35.5. The highest BCUT2D eigenvalue weighted by Gasteiger charge is 2.49. The lowest BCUT2D eigenvalue weighted by molar-refractivity contribution is -0.175. The van der Waals surface area contributed by atoms with Gasteiger partial charge in [0.2, 0.25) is 5.91 Å². The molecule has 0 bridgehead atoms. The molecule has 2 aromatic carbocycles. The van der Waals surface area contributed by atoms with Gasteiger partial charge >= 0.3 is 6.09 Å². The monoisotopic (exact) mass is 461 g/mol. The van der Waals surface area contributed by atoms with Crippen LogP contribution in [-0.4, -0.2) is 41.9 Å². The van der Waals surface area contributed by atoms with Crippen molar-refractivity contribution in [3.8, 4) is 0 Å². The second-order valence-electron chi connectivity index (χ2n) is 7.72. The fraction of sp³-hybridized carbons (Fsp3) is 0.318. The number of amides is 3. The lowest BCUT2D eigenvalue weighted by Gasteiger charge is -2.24. The Morgan fingerprint density at radius 2 is 2.06 bits per heavy atom. The molecule has 1 atom stereocenters. The largest absolute Gasteiger partial charge is 0.410 e. The zero-order valence-corrected chi connectivity index (χ0v) is 17.7. The lowest BCUT2D eigenvalue weighted by atomic mass is 10.0. The Bertz CT molecular complexity index is 1070. The molecule has 2 aliphatic rings. The molecule has 4 rings (SSSR count). The van der Waals surface area contributed by atoms with Crippen LogP contribution in [0.15, 0.2) is 36.4 Å². The zero-order chi connectivity index (χ0) is 22.9. The van der Waals surface area contributed by atoms with E-state index in [2.05, 4.69) is 10.6 Å². The molecule has 3 amide bonds. The molecule has 3 N–H and O–H groups in total. The molecule has 2 heterocycles. The summed E-state index contributed by atoms with van der Waals surface area (Å²) < 4.78 is 18.4. The van der Waals surface area contributed by atoms with E-state index >= 15 is 0 Å². The topological polar surface area (TPSA) is 108 Å². The number of anilines is 2. The Labute approximate surface area is 188 Å². The number of nitrogens with one attached hydrogen (secondary N) is 2. The van der Waals surface area contributed by atoms with E-state index in [0.29, 0.717) is 29.8 Å². The van der Waals surface area contributed by atoms with Gasteiger partial charge in [0.15, 0.2) is 0 Å². The molecule has 1 saturated heterocycles.